The largest absolute Gasteiger partial charge is 0.236 e. The third kappa shape index (κ3) is 3.21. The van der Waals surface area contributed by atoms with Crippen molar-refractivity contribution in [3.05, 3.63) is 47.3 Å². The molecule has 0 N–H and O–H groups in total. The van der Waals surface area contributed by atoms with Crippen LogP contribution < -0.4 is 0 Å². The normalized spacial score (nSPS) is 21.0. The first-order chi connectivity index (χ1) is 11.1. The number of nitrogens with zero attached hydrogens (tertiary/aromatic N) is 3. The first-order valence-corrected chi connectivity index (χ1v) is 7.80. The Labute approximate surface area is 134 Å². The fourth-order valence-corrected chi connectivity index (χ4v) is 3.10. The molecule has 0 unspecified atom stereocenters. The average molecular weight is 313 g/mol. The molecule has 5 heteroatoms. The molecular formula is C18H17F2N3. The lowest BCUT2D eigenvalue weighted by molar-refractivity contribution is 0.347. The van der Waals surface area contributed by atoms with Crippen molar-refractivity contribution >= 4 is 0 Å². The lowest BCUT2D eigenvalue weighted by atomic mass is 9.80. The minimum absolute atomic E-state index is 0.239. The molecule has 1 aromatic heterocycles. The quantitative estimate of drug-likeness (QED) is 0.815. The topological polar surface area (TPSA) is 49.6 Å². The molecule has 1 aromatic carbocycles. The second-order valence-corrected chi connectivity index (χ2v) is 6.22. The van der Waals surface area contributed by atoms with Crippen LogP contribution >= 0.6 is 0 Å². The number of rotatable bonds is 2. The van der Waals surface area contributed by atoms with E-state index >= 15 is 0 Å². The van der Waals surface area contributed by atoms with Crippen LogP contribution in [0.25, 0.3) is 11.4 Å². The minimum Gasteiger partial charge on any atom is -0.236 e. The van der Waals surface area contributed by atoms with Crippen molar-refractivity contribution in [1.29, 1.82) is 5.26 Å². The first-order valence-electron chi connectivity index (χ1n) is 7.80. The van der Waals surface area contributed by atoms with Gasteiger partial charge in [0.1, 0.15) is 23.3 Å². The number of hydrogen-bond acceptors (Lipinski definition) is 3. The van der Waals surface area contributed by atoms with Gasteiger partial charge in [-0.15, -0.1) is 0 Å². The maximum atomic E-state index is 13.7. The molecule has 3 rings (SSSR count). The Morgan fingerprint density at radius 1 is 1.04 bits per heavy atom. The van der Waals surface area contributed by atoms with Crippen LogP contribution in [0.3, 0.4) is 0 Å². The molecule has 0 atom stereocenters. The summed E-state index contributed by atoms with van der Waals surface area (Å²) in [5, 5.41) is 8.70. The Balaban J connectivity index is 1.84. The van der Waals surface area contributed by atoms with Crippen LogP contribution in [-0.4, -0.2) is 9.97 Å². The van der Waals surface area contributed by atoms with E-state index in [1.807, 2.05) is 0 Å². The molecule has 1 aliphatic rings. The maximum absolute atomic E-state index is 13.7. The summed E-state index contributed by atoms with van der Waals surface area (Å²) in [6.07, 6.45) is 8.17. The fraction of sp³-hybridized carbons (Fsp3) is 0.389. The molecule has 23 heavy (non-hydrogen) atoms. The zero-order valence-electron chi connectivity index (χ0n) is 12.9. The molecular weight excluding hydrogens is 296 g/mol. The van der Waals surface area contributed by atoms with Crippen molar-refractivity contribution in [2.75, 3.05) is 0 Å². The number of aromatic nitrogens is 2. The van der Waals surface area contributed by atoms with Gasteiger partial charge in [-0.2, -0.15) is 5.26 Å². The van der Waals surface area contributed by atoms with Gasteiger partial charge in [0.05, 0.1) is 0 Å². The van der Waals surface area contributed by atoms with Crippen LogP contribution in [0, 0.1) is 28.9 Å². The fourth-order valence-electron chi connectivity index (χ4n) is 3.10. The van der Waals surface area contributed by atoms with E-state index in [-0.39, 0.29) is 11.4 Å². The van der Waals surface area contributed by atoms with Gasteiger partial charge in [-0.05, 0) is 42.4 Å². The molecule has 1 saturated carbocycles. The predicted octanol–water partition coefficient (Wildman–Crippen LogP) is 4.59. The SMILES string of the molecule is C[C@H]1CC[C@H](c2cnc(-c3cc(F)c(C#N)c(F)c3)nc2)CC1. The van der Waals surface area contributed by atoms with Gasteiger partial charge >= 0.3 is 0 Å². The van der Waals surface area contributed by atoms with E-state index in [9.17, 15) is 8.78 Å². The molecule has 0 spiro atoms. The highest BCUT2D eigenvalue weighted by Gasteiger charge is 2.20. The van der Waals surface area contributed by atoms with Gasteiger partial charge in [0.25, 0.3) is 0 Å². The lowest BCUT2D eigenvalue weighted by Gasteiger charge is -2.25. The molecule has 2 aromatic rings. The van der Waals surface area contributed by atoms with Gasteiger partial charge in [-0.3, -0.25) is 0 Å². The number of hydrogen-bond donors (Lipinski definition) is 0. The van der Waals surface area contributed by atoms with E-state index in [4.69, 9.17) is 5.26 Å². The van der Waals surface area contributed by atoms with Crippen LogP contribution in [0.1, 0.15) is 49.7 Å². The highest BCUT2D eigenvalue weighted by atomic mass is 19.1. The summed E-state index contributed by atoms with van der Waals surface area (Å²) in [6, 6.07) is 3.70. The molecule has 0 aliphatic heterocycles. The van der Waals surface area contributed by atoms with Crippen LogP contribution in [0.4, 0.5) is 8.78 Å². The zero-order valence-corrected chi connectivity index (χ0v) is 12.9. The molecule has 1 fully saturated rings. The summed E-state index contributed by atoms with van der Waals surface area (Å²) in [6.45, 7) is 2.27. The molecule has 118 valence electrons. The second-order valence-electron chi connectivity index (χ2n) is 6.22. The second kappa shape index (κ2) is 6.41. The van der Waals surface area contributed by atoms with Gasteiger partial charge in [-0.1, -0.05) is 19.8 Å². The van der Waals surface area contributed by atoms with E-state index in [1.54, 1.807) is 12.4 Å². The molecule has 3 nitrogen and oxygen atoms in total. The van der Waals surface area contributed by atoms with Crippen LogP contribution in [-0.2, 0) is 0 Å². The highest BCUT2D eigenvalue weighted by Crippen LogP contribution is 2.35. The molecule has 0 saturated heterocycles. The van der Waals surface area contributed by atoms with Crippen LogP contribution in [0.2, 0.25) is 0 Å². The van der Waals surface area contributed by atoms with E-state index in [0.29, 0.717) is 5.92 Å². The average Bonchev–Trinajstić information content (AvgIpc) is 2.55. The molecule has 0 radical (unpaired) electrons. The summed E-state index contributed by atoms with van der Waals surface area (Å²) in [5.74, 6) is -0.279. The van der Waals surface area contributed by atoms with Crippen molar-refractivity contribution in [2.24, 2.45) is 5.92 Å². The third-order valence-corrected chi connectivity index (χ3v) is 4.57. The first kappa shape index (κ1) is 15.5. The molecule has 0 bridgehead atoms. The third-order valence-electron chi connectivity index (χ3n) is 4.57. The van der Waals surface area contributed by atoms with Crippen LogP contribution in [0.15, 0.2) is 24.5 Å². The van der Waals surface area contributed by atoms with Gasteiger partial charge in [0.2, 0.25) is 0 Å². The summed E-state index contributed by atoms with van der Waals surface area (Å²) in [5.41, 5.74) is 0.736. The summed E-state index contributed by atoms with van der Waals surface area (Å²) in [4.78, 5) is 8.51. The summed E-state index contributed by atoms with van der Waals surface area (Å²) in [7, 11) is 0. The maximum Gasteiger partial charge on any atom is 0.159 e. The van der Waals surface area contributed by atoms with Gasteiger partial charge < -0.3 is 0 Å². The molecule has 1 heterocycles. The zero-order chi connectivity index (χ0) is 16.4. The molecule has 0 amide bonds. The van der Waals surface area contributed by atoms with Crippen LogP contribution in [0.5, 0.6) is 0 Å². The van der Waals surface area contributed by atoms with Gasteiger partial charge in [0, 0.05) is 18.0 Å². The Morgan fingerprint density at radius 2 is 1.61 bits per heavy atom. The number of nitriles is 1. The van der Waals surface area contributed by atoms with E-state index in [2.05, 4.69) is 16.9 Å². The highest BCUT2D eigenvalue weighted by molar-refractivity contribution is 5.57. The Kier molecular flexibility index (Phi) is 4.33. The number of benzene rings is 1. The van der Waals surface area contributed by atoms with Gasteiger partial charge in [-0.25, -0.2) is 18.7 Å². The molecule has 1 aliphatic carbocycles. The number of halogens is 2. The standard InChI is InChI=1S/C18H17F2N3/c1-11-2-4-12(5-3-11)14-9-22-18(23-10-14)13-6-16(19)15(8-21)17(20)7-13/h6-7,9-12H,2-5H2,1H3/t11-,12-. The minimum atomic E-state index is -0.892. The lowest BCUT2D eigenvalue weighted by Crippen LogP contribution is -2.11. The Morgan fingerprint density at radius 3 is 2.13 bits per heavy atom. The summed E-state index contributed by atoms with van der Waals surface area (Å²) >= 11 is 0. The Hall–Kier alpha value is -2.35. The Bertz CT molecular complexity index is 719. The van der Waals surface area contributed by atoms with E-state index < -0.39 is 17.2 Å². The van der Waals surface area contributed by atoms with Crippen molar-refractivity contribution < 1.29 is 8.78 Å². The van der Waals surface area contributed by atoms with E-state index in [1.165, 1.54) is 18.9 Å². The monoisotopic (exact) mass is 313 g/mol. The van der Waals surface area contributed by atoms with Crippen molar-refractivity contribution in [2.45, 2.75) is 38.5 Å². The predicted molar refractivity (Wildman–Crippen MR) is 82.5 cm³/mol. The van der Waals surface area contributed by atoms with Crippen molar-refractivity contribution in [1.82, 2.24) is 9.97 Å². The van der Waals surface area contributed by atoms with Crippen molar-refractivity contribution in [3.63, 3.8) is 0 Å². The smallest absolute Gasteiger partial charge is 0.159 e. The summed E-state index contributed by atoms with van der Waals surface area (Å²) < 4.78 is 27.4. The van der Waals surface area contributed by atoms with Gasteiger partial charge in [0.15, 0.2) is 5.82 Å². The van der Waals surface area contributed by atoms with E-state index in [0.717, 1.165) is 36.5 Å². The van der Waals surface area contributed by atoms with Crippen molar-refractivity contribution in [3.8, 4) is 17.5 Å².